The Hall–Kier alpha value is -5.01. The van der Waals surface area contributed by atoms with Gasteiger partial charge in [-0.15, -0.1) is 0 Å². The number of hydrogen-bond acceptors (Lipinski definition) is 11. The van der Waals surface area contributed by atoms with E-state index in [2.05, 4.69) is 35.5 Å². The lowest BCUT2D eigenvalue weighted by Gasteiger charge is -2.26. The second-order valence-electron chi connectivity index (χ2n) is 9.65. The fraction of sp³-hybridized carbons (Fsp3) is 0.276. The summed E-state index contributed by atoms with van der Waals surface area (Å²) < 4.78 is 22.0. The Morgan fingerprint density at radius 1 is 1.07 bits per heavy atom. The fourth-order valence-electron chi connectivity index (χ4n) is 4.60. The first-order chi connectivity index (χ1) is 20.6. The van der Waals surface area contributed by atoms with E-state index in [1.807, 2.05) is 6.92 Å². The molecule has 0 saturated carbocycles. The molecular weight excluding hydrogens is 540 g/mol. The highest BCUT2D eigenvalue weighted by molar-refractivity contribution is 6.04. The zero-order valence-electron chi connectivity index (χ0n) is 23.0. The molecule has 13 heteroatoms. The Morgan fingerprint density at radius 2 is 1.90 bits per heavy atom. The molecule has 4 N–H and O–H groups in total. The molecular formula is C29H30N8O5. The molecule has 1 amide bonds. The van der Waals surface area contributed by atoms with Crippen LogP contribution in [0.4, 0.5) is 11.5 Å². The Kier molecular flexibility index (Phi) is 7.92. The lowest BCUT2D eigenvalue weighted by Crippen LogP contribution is -2.38. The number of pyridine rings is 1. The number of fused-ring (bicyclic) bond motifs is 1. The van der Waals surface area contributed by atoms with Gasteiger partial charge in [0.1, 0.15) is 23.6 Å². The number of anilines is 2. The summed E-state index contributed by atoms with van der Waals surface area (Å²) in [6, 6.07) is 15.9. The molecule has 13 nitrogen and oxygen atoms in total. The normalized spacial score (nSPS) is 13.7. The average Bonchev–Trinajstić information content (AvgIpc) is 3.63. The van der Waals surface area contributed by atoms with Crippen LogP contribution in [0.25, 0.3) is 22.6 Å². The van der Waals surface area contributed by atoms with Gasteiger partial charge >= 0.3 is 0 Å². The first kappa shape index (κ1) is 27.2. The summed E-state index contributed by atoms with van der Waals surface area (Å²) in [4.78, 5) is 27.6. The summed E-state index contributed by atoms with van der Waals surface area (Å²) in [5.41, 5.74) is 9.35. The summed E-state index contributed by atoms with van der Waals surface area (Å²) >= 11 is 0. The number of nitrogens with one attached hydrogen (secondary N) is 2. The van der Waals surface area contributed by atoms with Crippen LogP contribution < -0.4 is 20.5 Å². The molecule has 1 aliphatic heterocycles. The second kappa shape index (κ2) is 12.2. The van der Waals surface area contributed by atoms with E-state index in [1.165, 1.54) is 0 Å². The van der Waals surface area contributed by atoms with E-state index in [4.69, 9.17) is 24.6 Å². The van der Waals surface area contributed by atoms with Gasteiger partial charge in [0.2, 0.25) is 5.88 Å². The third-order valence-electron chi connectivity index (χ3n) is 6.80. The number of morpholine rings is 1. The fourth-order valence-corrected chi connectivity index (χ4v) is 4.60. The number of carbonyl (C=O) groups is 1. The Balaban J connectivity index is 1.09. The maximum atomic E-state index is 12.9. The van der Waals surface area contributed by atoms with Crippen LogP contribution >= 0.6 is 0 Å². The van der Waals surface area contributed by atoms with Gasteiger partial charge in [0.05, 0.1) is 24.4 Å². The van der Waals surface area contributed by atoms with Crippen LogP contribution in [0.15, 0.2) is 59.2 Å². The summed E-state index contributed by atoms with van der Waals surface area (Å²) in [7, 11) is 0. The van der Waals surface area contributed by atoms with Gasteiger partial charge in [0.25, 0.3) is 5.91 Å². The number of rotatable bonds is 10. The third-order valence-corrected chi connectivity index (χ3v) is 6.80. The van der Waals surface area contributed by atoms with E-state index in [0.29, 0.717) is 58.5 Å². The number of H-pyrrole nitrogens is 1. The Morgan fingerprint density at radius 3 is 2.67 bits per heavy atom. The highest BCUT2D eigenvalue weighted by Gasteiger charge is 2.18. The monoisotopic (exact) mass is 570 g/mol. The van der Waals surface area contributed by atoms with Gasteiger partial charge in [0, 0.05) is 43.0 Å². The van der Waals surface area contributed by atoms with Crippen molar-refractivity contribution in [3.63, 3.8) is 0 Å². The zero-order chi connectivity index (χ0) is 28.9. The summed E-state index contributed by atoms with van der Waals surface area (Å²) in [5.74, 6) is 1.92. The summed E-state index contributed by atoms with van der Waals surface area (Å²) in [5, 5.41) is 10.3. The molecule has 0 atom stereocenters. The van der Waals surface area contributed by atoms with E-state index in [0.717, 1.165) is 44.3 Å². The molecule has 0 unspecified atom stereocenters. The number of amides is 1. The predicted molar refractivity (Wildman–Crippen MR) is 155 cm³/mol. The molecule has 0 aliphatic carbocycles. The van der Waals surface area contributed by atoms with Gasteiger partial charge in [-0.25, -0.2) is 14.6 Å². The molecule has 216 valence electrons. The smallest absolute Gasteiger partial charge is 0.255 e. The van der Waals surface area contributed by atoms with Crippen molar-refractivity contribution in [1.29, 1.82) is 0 Å². The number of hydrogen-bond donors (Lipinski definition) is 3. The third kappa shape index (κ3) is 6.16. The standard InChI is InChI=1S/C29H30N8O5/c1-2-22-25-23(33-28(34-25)26-27(30)36-42-35-26)17-24(32-22)41-21-5-3-4-19(16-21)31-29(38)18-6-8-20(9-7-18)40-15-12-37-10-13-39-14-11-37/h3-9,16-17H,2,10-15H2,1H3,(H2,30,36)(H,31,38)(H,33,34). The highest BCUT2D eigenvalue weighted by atomic mass is 16.6. The van der Waals surface area contributed by atoms with Crippen molar-refractivity contribution in [1.82, 2.24) is 30.2 Å². The topological polar surface area (TPSA) is 167 Å². The summed E-state index contributed by atoms with van der Waals surface area (Å²) in [6.45, 7) is 6.76. The number of aromatic amines is 1. The van der Waals surface area contributed by atoms with Crippen molar-refractivity contribution >= 4 is 28.4 Å². The van der Waals surface area contributed by atoms with Crippen molar-refractivity contribution in [3.05, 3.63) is 65.9 Å². The largest absolute Gasteiger partial charge is 0.492 e. The highest BCUT2D eigenvalue weighted by Crippen LogP contribution is 2.29. The van der Waals surface area contributed by atoms with Crippen LogP contribution in [-0.4, -0.2) is 75.5 Å². The molecule has 42 heavy (non-hydrogen) atoms. The Bertz CT molecular complexity index is 1680. The van der Waals surface area contributed by atoms with Gasteiger partial charge in [-0.2, -0.15) is 0 Å². The van der Waals surface area contributed by atoms with E-state index in [-0.39, 0.29) is 11.7 Å². The van der Waals surface area contributed by atoms with Gasteiger partial charge in [-0.3, -0.25) is 9.69 Å². The van der Waals surface area contributed by atoms with Gasteiger partial charge in [-0.1, -0.05) is 13.0 Å². The van der Waals surface area contributed by atoms with E-state index < -0.39 is 0 Å². The van der Waals surface area contributed by atoms with Crippen LogP contribution in [0.5, 0.6) is 17.4 Å². The van der Waals surface area contributed by atoms with Crippen LogP contribution in [0.1, 0.15) is 23.0 Å². The predicted octanol–water partition coefficient (Wildman–Crippen LogP) is 3.91. The quantitative estimate of drug-likeness (QED) is 0.223. The van der Waals surface area contributed by atoms with E-state index >= 15 is 0 Å². The molecule has 0 bridgehead atoms. The van der Waals surface area contributed by atoms with Crippen molar-refractivity contribution < 1.29 is 23.6 Å². The Labute approximate surface area is 240 Å². The second-order valence-corrected chi connectivity index (χ2v) is 9.65. The molecule has 6 rings (SSSR count). The van der Waals surface area contributed by atoms with Gasteiger partial charge < -0.3 is 30.2 Å². The molecule has 2 aromatic carbocycles. The molecule has 4 heterocycles. The first-order valence-corrected chi connectivity index (χ1v) is 13.7. The molecule has 0 radical (unpaired) electrons. The van der Waals surface area contributed by atoms with Crippen LogP contribution in [-0.2, 0) is 11.2 Å². The van der Waals surface area contributed by atoms with Crippen molar-refractivity contribution in [2.24, 2.45) is 0 Å². The summed E-state index contributed by atoms with van der Waals surface area (Å²) in [6.07, 6.45) is 0.623. The molecule has 1 saturated heterocycles. The van der Waals surface area contributed by atoms with Crippen molar-refractivity contribution in [2.75, 3.05) is 50.5 Å². The number of carbonyl (C=O) groups excluding carboxylic acids is 1. The van der Waals surface area contributed by atoms with E-state index in [1.54, 1.807) is 54.6 Å². The number of imidazole rings is 1. The minimum Gasteiger partial charge on any atom is -0.492 e. The lowest BCUT2D eigenvalue weighted by atomic mass is 10.2. The molecule has 3 aromatic heterocycles. The average molecular weight is 571 g/mol. The molecule has 1 aliphatic rings. The molecule has 5 aromatic rings. The maximum absolute atomic E-state index is 12.9. The lowest BCUT2D eigenvalue weighted by molar-refractivity contribution is 0.0322. The van der Waals surface area contributed by atoms with Crippen LogP contribution in [0.2, 0.25) is 0 Å². The number of nitrogens with two attached hydrogens (primary N) is 1. The van der Waals surface area contributed by atoms with E-state index in [9.17, 15) is 4.79 Å². The number of ether oxygens (including phenoxy) is 3. The molecule has 1 fully saturated rings. The number of benzene rings is 2. The van der Waals surface area contributed by atoms with Gasteiger partial charge in [0.15, 0.2) is 17.3 Å². The first-order valence-electron chi connectivity index (χ1n) is 13.7. The van der Waals surface area contributed by atoms with Gasteiger partial charge in [-0.05, 0) is 53.1 Å². The maximum Gasteiger partial charge on any atom is 0.255 e. The molecule has 0 spiro atoms. The number of nitrogen functional groups attached to an aromatic ring is 1. The van der Waals surface area contributed by atoms with Crippen LogP contribution in [0.3, 0.4) is 0 Å². The number of aryl methyl sites for hydroxylation is 1. The van der Waals surface area contributed by atoms with Crippen molar-refractivity contribution in [3.8, 4) is 28.9 Å². The number of nitrogens with zero attached hydrogens (tertiary/aromatic N) is 5. The minimum atomic E-state index is -0.244. The zero-order valence-corrected chi connectivity index (χ0v) is 23.0. The SMILES string of the molecule is CCc1nc(Oc2cccc(NC(=O)c3ccc(OCCN4CCOCC4)cc3)c2)cc2[nH]c(-c3nonc3N)nc12. The van der Waals surface area contributed by atoms with Crippen LogP contribution in [0, 0.1) is 0 Å². The minimum absolute atomic E-state index is 0.138. The van der Waals surface area contributed by atoms with Crippen molar-refractivity contribution in [2.45, 2.75) is 13.3 Å². The number of aromatic nitrogens is 5.